The molecule has 25 heavy (non-hydrogen) atoms. The molecular weight excluding hydrogens is 356 g/mol. The summed E-state index contributed by atoms with van der Waals surface area (Å²) in [4.78, 5) is 25.3. The average molecular weight is 374 g/mol. The Morgan fingerprint density at radius 3 is 2.56 bits per heavy atom. The van der Waals surface area contributed by atoms with Crippen molar-refractivity contribution >= 4 is 40.0 Å². The van der Waals surface area contributed by atoms with Crippen molar-refractivity contribution in [2.75, 3.05) is 5.32 Å². The van der Waals surface area contributed by atoms with Crippen LogP contribution in [0.5, 0.6) is 0 Å². The summed E-state index contributed by atoms with van der Waals surface area (Å²) in [5, 5.41) is 13.3. The van der Waals surface area contributed by atoms with E-state index in [2.05, 4.69) is 5.32 Å². The first-order valence-corrected chi connectivity index (χ1v) is 9.39. The molecule has 0 unspecified atom stereocenters. The predicted molar refractivity (Wildman–Crippen MR) is 99.7 cm³/mol. The van der Waals surface area contributed by atoms with Gasteiger partial charge in [-0.25, -0.2) is 0 Å². The van der Waals surface area contributed by atoms with Gasteiger partial charge < -0.3 is 10.1 Å². The number of thiophene rings is 1. The molecule has 0 saturated carbocycles. The molecule has 2 atom stereocenters. The molecule has 1 heterocycles. The van der Waals surface area contributed by atoms with E-state index >= 15 is 0 Å². The van der Waals surface area contributed by atoms with Gasteiger partial charge in [-0.3, -0.25) is 9.59 Å². The first-order valence-electron chi connectivity index (χ1n) is 7.63. The van der Waals surface area contributed by atoms with Gasteiger partial charge >= 0.3 is 5.97 Å². The third kappa shape index (κ3) is 5.34. The van der Waals surface area contributed by atoms with Crippen LogP contribution in [0.15, 0.2) is 40.6 Å². The quantitative estimate of drug-likeness (QED) is 0.611. The monoisotopic (exact) mass is 374 g/mol. The van der Waals surface area contributed by atoms with Crippen molar-refractivity contribution in [3.63, 3.8) is 0 Å². The van der Waals surface area contributed by atoms with E-state index in [1.54, 1.807) is 18.4 Å². The second-order valence-corrected chi connectivity index (χ2v) is 7.75. The van der Waals surface area contributed by atoms with E-state index in [0.29, 0.717) is 10.6 Å². The van der Waals surface area contributed by atoms with E-state index in [1.807, 2.05) is 37.3 Å². The van der Waals surface area contributed by atoms with Crippen molar-refractivity contribution in [2.24, 2.45) is 0 Å². The molecular formula is C18H18N2O3S2. The number of nitrogens with one attached hydrogen (secondary N) is 1. The lowest BCUT2D eigenvalue weighted by Gasteiger charge is -2.16. The summed E-state index contributed by atoms with van der Waals surface area (Å²) in [6.45, 7) is 5.25. The number of hydrogen-bond donors (Lipinski definition) is 1. The molecule has 0 aliphatic rings. The van der Waals surface area contributed by atoms with Crippen molar-refractivity contribution in [3.05, 3.63) is 46.8 Å². The maximum atomic E-state index is 12.2. The molecule has 7 heteroatoms. The molecule has 1 aromatic heterocycles. The lowest BCUT2D eigenvalue weighted by molar-refractivity contribution is -0.152. The van der Waals surface area contributed by atoms with E-state index < -0.39 is 23.2 Å². The molecule has 0 fully saturated rings. The van der Waals surface area contributed by atoms with Crippen LogP contribution in [0.4, 0.5) is 5.00 Å². The number of amides is 1. The van der Waals surface area contributed by atoms with E-state index in [4.69, 9.17) is 10.00 Å². The Balaban J connectivity index is 1.89. The molecule has 1 amide bonds. The third-order valence-corrected chi connectivity index (χ3v) is 5.27. The minimum atomic E-state index is -0.942. The van der Waals surface area contributed by atoms with Crippen molar-refractivity contribution in [1.82, 2.24) is 0 Å². The zero-order valence-electron chi connectivity index (χ0n) is 14.1. The maximum Gasteiger partial charge on any atom is 0.319 e. The number of thioether (sulfide) groups is 1. The number of rotatable bonds is 6. The molecule has 0 radical (unpaired) electrons. The molecule has 2 aromatic rings. The average Bonchev–Trinajstić information content (AvgIpc) is 3.03. The zero-order chi connectivity index (χ0) is 18.4. The Hall–Kier alpha value is -2.30. The SMILES string of the molecule is Cc1ccc(S[C@H](C)C(=O)O[C@@H](C)C(=O)Nc2sccc2C#N)cc1. The van der Waals surface area contributed by atoms with E-state index in [-0.39, 0.29) is 0 Å². The van der Waals surface area contributed by atoms with Crippen LogP contribution in [0.1, 0.15) is 25.0 Å². The summed E-state index contributed by atoms with van der Waals surface area (Å²) < 4.78 is 5.24. The number of nitrogens with zero attached hydrogens (tertiary/aromatic N) is 1. The van der Waals surface area contributed by atoms with Gasteiger partial charge in [-0.15, -0.1) is 23.1 Å². The van der Waals surface area contributed by atoms with Gasteiger partial charge in [0, 0.05) is 4.90 Å². The second-order valence-electron chi connectivity index (χ2n) is 5.42. The molecule has 5 nitrogen and oxygen atoms in total. The van der Waals surface area contributed by atoms with Crippen LogP contribution in [0.25, 0.3) is 0 Å². The molecule has 1 aromatic carbocycles. The molecule has 0 bridgehead atoms. The van der Waals surface area contributed by atoms with E-state index in [0.717, 1.165) is 10.5 Å². The fourth-order valence-electron chi connectivity index (χ4n) is 1.90. The maximum absolute atomic E-state index is 12.2. The zero-order valence-corrected chi connectivity index (χ0v) is 15.7. The number of nitriles is 1. The smallest absolute Gasteiger partial charge is 0.319 e. The summed E-state index contributed by atoms with van der Waals surface area (Å²) >= 11 is 2.63. The number of ether oxygens (including phenoxy) is 1. The summed E-state index contributed by atoms with van der Waals surface area (Å²) in [6, 6.07) is 11.5. The van der Waals surface area contributed by atoms with Gasteiger partial charge in [0.2, 0.25) is 0 Å². The predicted octanol–water partition coefficient (Wildman–Crippen LogP) is 3.98. The number of aryl methyl sites for hydroxylation is 1. The highest BCUT2D eigenvalue weighted by molar-refractivity contribution is 8.00. The number of benzene rings is 1. The van der Waals surface area contributed by atoms with E-state index in [1.165, 1.54) is 30.0 Å². The number of anilines is 1. The van der Waals surface area contributed by atoms with Crippen LogP contribution >= 0.6 is 23.1 Å². The number of esters is 1. The van der Waals surface area contributed by atoms with E-state index in [9.17, 15) is 9.59 Å². The lowest BCUT2D eigenvalue weighted by Crippen LogP contribution is -2.32. The highest BCUT2D eigenvalue weighted by Crippen LogP contribution is 2.25. The first-order chi connectivity index (χ1) is 11.9. The minimum absolute atomic E-state index is 0.389. The Kier molecular flexibility index (Phi) is 6.62. The second kappa shape index (κ2) is 8.70. The van der Waals surface area contributed by atoms with Gasteiger partial charge in [-0.05, 0) is 44.4 Å². The van der Waals surface area contributed by atoms with Crippen LogP contribution in [0.2, 0.25) is 0 Å². The van der Waals surface area contributed by atoms with Crippen molar-refractivity contribution in [1.29, 1.82) is 5.26 Å². The molecule has 2 rings (SSSR count). The minimum Gasteiger partial charge on any atom is -0.452 e. The Morgan fingerprint density at radius 1 is 1.24 bits per heavy atom. The summed E-state index contributed by atoms with van der Waals surface area (Å²) in [6.07, 6.45) is -0.942. The van der Waals surface area contributed by atoms with Crippen molar-refractivity contribution in [3.8, 4) is 6.07 Å². The molecule has 1 N–H and O–H groups in total. The summed E-state index contributed by atoms with van der Waals surface area (Å²) in [7, 11) is 0. The van der Waals surface area contributed by atoms with Gasteiger partial charge in [-0.1, -0.05) is 17.7 Å². The summed E-state index contributed by atoms with van der Waals surface area (Å²) in [5.74, 6) is -0.917. The van der Waals surface area contributed by atoms with Gasteiger partial charge in [0.05, 0.1) is 5.56 Å². The Bertz CT molecular complexity index is 793. The number of carbonyl (C=O) groups excluding carboxylic acids is 2. The van der Waals surface area contributed by atoms with Gasteiger partial charge in [0.15, 0.2) is 6.10 Å². The van der Waals surface area contributed by atoms with Crippen LogP contribution in [-0.4, -0.2) is 23.2 Å². The topological polar surface area (TPSA) is 79.2 Å². The highest BCUT2D eigenvalue weighted by atomic mass is 32.2. The summed E-state index contributed by atoms with van der Waals surface area (Å²) in [5.41, 5.74) is 1.54. The standard InChI is InChI=1S/C18H18N2O3S2/c1-11-4-6-15(7-5-11)25-13(3)18(22)23-12(2)16(21)20-17-14(10-19)8-9-24-17/h4-9,12-13H,1-3H3,(H,20,21)/t12-,13+/m0/s1. The molecule has 0 aliphatic heterocycles. The third-order valence-electron chi connectivity index (χ3n) is 3.35. The molecule has 0 spiro atoms. The van der Waals surface area contributed by atoms with Crippen molar-refractivity contribution in [2.45, 2.75) is 37.0 Å². The number of carbonyl (C=O) groups is 2. The van der Waals surface area contributed by atoms with Crippen LogP contribution < -0.4 is 5.32 Å². The molecule has 0 aliphatic carbocycles. The van der Waals surface area contributed by atoms with Crippen LogP contribution in [0.3, 0.4) is 0 Å². The van der Waals surface area contributed by atoms with Crippen molar-refractivity contribution < 1.29 is 14.3 Å². The lowest BCUT2D eigenvalue weighted by atomic mass is 10.2. The Labute approximate surface area is 155 Å². The van der Waals surface area contributed by atoms with Crippen LogP contribution in [-0.2, 0) is 14.3 Å². The first kappa shape index (κ1) is 19.0. The largest absolute Gasteiger partial charge is 0.452 e. The fourth-order valence-corrected chi connectivity index (χ4v) is 3.49. The molecule has 0 saturated heterocycles. The van der Waals surface area contributed by atoms with Gasteiger partial charge in [0.1, 0.15) is 16.3 Å². The highest BCUT2D eigenvalue weighted by Gasteiger charge is 2.23. The number of hydrogen-bond acceptors (Lipinski definition) is 6. The van der Waals surface area contributed by atoms with Gasteiger partial charge in [-0.2, -0.15) is 5.26 Å². The normalized spacial score (nSPS) is 12.7. The van der Waals surface area contributed by atoms with Gasteiger partial charge in [0.25, 0.3) is 5.91 Å². The molecule has 130 valence electrons. The fraction of sp³-hybridized carbons (Fsp3) is 0.278. The van der Waals surface area contributed by atoms with Crippen LogP contribution in [0, 0.1) is 18.3 Å². The Morgan fingerprint density at radius 2 is 1.92 bits per heavy atom.